The average Bonchev–Trinajstić information content (AvgIpc) is 2.62. The molecule has 2 heterocycles. The molecular formula is C18H25N5O. The molecule has 2 aromatic rings. The molecule has 0 saturated carbocycles. The number of carbonyl (C=O) groups excluding carboxylic acids is 1. The van der Waals surface area contributed by atoms with Crippen molar-refractivity contribution in [3.05, 3.63) is 36.2 Å². The van der Waals surface area contributed by atoms with Gasteiger partial charge < -0.3 is 10.2 Å². The topological polar surface area (TPSA) is 61.4 Å². The Bertz CT molecular complexity index is 699. The highest BCUT2D eigenvalue weighted by molar-refractivity contribution is 5.78. The third-order valence-electron chi connectivity index (χ3n) is 4.64. The monoisotopic (exact) mass is 327 g/mol. The summed E-state index contributed by atoms with van der Waals surface area (Å²) in [7, 11) is 3.87. The van der Waals surface area contributed by atoms with Crippen LogP contribution < -0.4 is 5.32 Å². The molecule has 6 nitrogen and oxygen atoms in total. The number of hydrogen-bond donors (Lipinski definition) is 1. The smallest absolute Gasteiger partial charge is 0.236 e. The van der Waals surface area contributed by atoms with E-state index < -0.39 is 0 Å². The van der Waals surface area contributed by atoms with E-state index in [1.807, 2.05) is 38.4 Å². The van der Waals surface area contributed by atoms with E-state index in [9.17, 15) is 4.79 Å². The first-order chi connectivity index (χ1) is 11.6. The van der Waals surface area contributed by atoms with Crippen molar-refractivity contribution in [2.45, 2.75) is 25.4 Å². The predicted octanol–water partition coefficient (Wildman–Crippen LogP) is 1.27. The first-order valence-corrected chi connectivity index (χ1v) is 8.49. The maximum Gasteiger partial charge on any atom is 0.236 e. The third-order valence-corrected chi connectivity index (χ3v) is 4.64. The second-order valence-electron chi connectivity index (χ2n) is 6.50. The van der Waals surface area contributed by atoms with E-state index in [1.54, 1.807) is 11.1 Å². The molecule has 0 radical (unpaired) electrons. The van der Waals surface area contributed by atoms with Gasteiger partial charge in [-0.05, 0) is 45.1 Å². The van der Waals surface area contributed by atoms with Crippen molar-refractivity contribution in [1.82, 2.24) is 25.1 Å². The van der Waals surface area contributed by atoms with Crippen molar-refractivity contribution in [3.63, 3.8) is 0 Å². The van der Waals surface area contributed by atoms with Gasteiger partial charge in [0.2, 0.25) is 5.91 Å². The quantitative estimate of drug-likeness (QED) is 0.896. The summed E-state index contributed by atoms with van der Waals surface area (Å²) in [5.74, 6) is 0.117. The first kappa shape index (κ1) is 16.8. The van der Waals surface area contributed by atoms with Crippen LogP contribution >= 0.6 is 0 Å². The van der Waals surface area contributed by atoms with Gasteiger partial charge >= 0.3 is 0 Å². The molecule has 0 aliphatic carbocycles. The third kappa shape index (κ3) is 4.07. The molecule has 1 N–H and O–H groups in total. The lowest BCUT2D eigenvalue weighted by Gasteiger charge is -2.32. The molecule has 1 aliphatic heterocycles. The highest BCUT2D eigenvalue weighted by Gasteiger charge is 2.21. The second-order valence-corrected chi connectivity index (χ2v) is 6.50. The SMILES string of the molecule is CN(Cc1cnc2ccccc2n1)C(=O)CN(C)C1CCNCC1. The summed E-state index contributed by atoms with van der Waals surface area (Å²) in [6.45, 7) is 3.00. The molecule has 0 bridgehead atoms. The number of rotatable bonds is 5. The molecule has 1 aliphatic rings. The zero-order valence-electron chi connectivity index (χ0n) is 14.4. The summed E-state index contributed by atoms with van der Waals surface area (Å²) < 4.78 is 0. The van der Waals surface area contributed by atoms with Crippen molar-refractivity contribution in [2.75, 3.05) is 33.7 Å². The Morgan fingerprint density at radius 1 is 1.21 bits per heavy atom. The number of hydrogen-bond acceptors (Lipinski definition) is 5. The molecule has 1 aromatic carbocycles. The number of aromatic nitrogens is 2. The number of nitrogens with zero attached hydrogens (tertiary/aromatic N) is 4. The molecule has 1 saturated heterocycles. The molecule has 6 heteroatoms. The van der Waals surface area contributed by atoms with Crippen LogP contribution in [0, 0.1) is 0 Å². The number of amides is 1. The van der Waals surface area contributed by atoms with Gasteiger partial charge in [-0.1, -0.05) is 12.1 Å². The van der Waals surface area contributed by atoms with Crippen LogP contribution in [-0.4, -0.2) is 65.4 Å². The highest BCUT2D eigenvalue weighted by Crippen LogP contribution is 2.12. The number of carbonyl (C=O) groups is 1. The largest absolute Gasteiger partial charge is 0.339 e. The summed E-state index contributed by atoms with van der Waals surface area (Å²) in [5.41, 5.74) is 2.55. The lowest BCUT2D eigenvalue weighted by molar-refractivity contribution is -0.132. The lowest BCUT2D eigenvalue weighted by atomic mass is 10.1. The van der Waals surface area contributed by atoms with Gasteiger partial charge in [-0.2, -0.15) is 0 Å². The Kier molecular flexibility index (Phi) is 5.37. The van der Waals surface area contributed by atoms with E-state index in [1.165, 1.54) is 0 Å². The molecule has 1 fully saturated rings. The Morgan fingerprint density at radius 3 is 2.67 bits per heavy atom. The minimum Gasteiger partial charge on any atom is -0.339 e. The molecule has 0 atom stereocenters. The van der Waals surface area contributed by atoms with Crippen LogP contribution in [0.1, 0.15) is 18.5 Å². The lowest BCUT2D eigenvalue weighted by Crippen LogP contribution is -2.45. The van der Waals surface area contributed by atoms with E-state index in [0.29, 0.717) is 19.1 Å². The van der Waals surface area contributed by atoms with E-state index >= 15 is 0 Å². The van der Waals surface area contributed by atoms with Crippen molar-refractivity contribution < 1.29 is 4.79 Å². The molecule has 1 aromatic heterocycles. The standard InChI is InChI=1S/C18H25N5O/c1-22(15-7-9-19-10-8-15)13-18(24)23(2)12-14-11-20-16-5-3-4-6-17(16)21-14/h3-6,11,15,19H,7-10,12-13H2,1-2H3. The zero-order chi connectivity index (χ0) is 16.9. The second kappa shape index (κ2) is 7.68. The minimum atomic E-state index is 0.117. The molecule has 0 spiro atoms. The summed E-state index contributed by atoms with van der Waals surface area (Å²) in [5, 5.41) is 3.36. The van der Waals surface area contributed by atoms with Crippen molar-refractivity contribution in [2.24, 2.45) is 0 Å². The van der Waals surface area contributed by atoms with E-state index in [4.69, 9.17) is 0 Å². The maximum absolute atomic E-state index is 12.5. The molecule has 24 heavy (non-hydrogen) atoms. The Balaban J connectivity index is 1.58. The Morgan fingerprint density at radius 2 is 1.92 bits per heavy atom. The fourth-order valence-electron chi connectivity index (χ4n) is 3.11. The van der Waals surface area contributed by atoms with Crippen LogP contribution in [0.3, 0.4) is 0 Å². The fourth-order valence-corrected chi connectivity index (χ4v) is 3.11. The molecule has 1 amide bonds. The van der Waals surface area contributed by atoms with Crippen LogP contribution in [0.15, 0.2) is 30.5 Å². The first-order valence-electron chi connectivity index (χ1n) is 8.49. The van der Waals surface area contributed by atoms with Gasteiger partial charge in [0.05, 0.1) is 36.0 Å². The maximum atomic E-state index is 12.5. The van der Waals surface area contributed by atoms with E-state index in [-0.39, 0.29) is 5.91 Å². The van der Waals surface area contributed by atoms with Crippen LogP contribution in [0.4, 0.5) is 0 Å². The van der Waals surface area contributed by atoms with Crippen molar-refractivity contribution in [3.8, 4) is 0 Å². The van der Waals surface area contributed by atoms with Crippen molar-refractivity contribution in [1.29, 1.82) is 0 Å². The van der Waals surface area contributed by atoms with E-state index in [2.05, 4.69) is 20.2 Å². The van der Waals surface area contributed by atoms with Crippen LogP contribution in [0.5, 0.6) is 0 Å². The van der Waals surface area contributed by atoms with Gasteiger partial charge in [-0.3, -0.25) is 14.7 Å². The normalized spacial score (nSPS) is 15.8. The number of para-hydroxylation sites is 2. The summed E-state index contributed by atoms with van der Waals surface area (Å²) in [6, 6.07) is 8.27. The fraction of sp³-hybridized carbons (Fsp3) is 0.500. The minimum absolute atomic E-state index is 0.117. The zero-order valence-corrected chi connectivity index (χ0v) is 14.4. The van der Waals surface area contributed by atoms with Crippen LogP contribution in [-0.2, 0) is 11.3 Å². The predicted molar refractivity (Wildman–Crippen MR) is 94.5 cm³/mol. The molecule has 0 unspecified atom stereocenters. The van der Waals surface area contributed by atoms with Gasteiger partial charge in [0.1, 0.15) is 0 Å². The van der Waals surface area contributed by atoms with Crippen molar-refractivity contribution >= 4 is 16.9 Å². The van der Waals surface area contributed by atoms with Gasteiger partial charge in [-0.15, -0.1) is 0 Å². The van der Waals surface area contributed by atoms with Crippen LogP contribution in [0.2, 0.25) is 0 Å². The van der Waals surface area contributed by atoms with Crippen LogP contribution in [0.25, 0.3) is 11.0 Å². The summed E-state index contributed by atoms with van der Waals surface area (Å²) in [6.07, 6.45) is 3.95. The van der Waals surface area contributed by atoms with Gasteiger partial charge in [0.15, 0.2) is 0 Å². The number of nitrogens with one attached hydrogen (secondary N) is 1. The summed E-state index contributed by atoms with van der Waals surface area (Å²) >= 11 is 0. The molecule has 3 rings (SSSR count). The average molecular weight is 327 g/mol. The highest BCUT2D eigenvalue weighted by atomic mass is 16.2. The number of benzene rings is 1. The van der Waals surface area contributed by atoms with Gasteiger partial charge in [0.25, 0.3) is 0 Å². The van der Waals surface area contributed by atoms with Gasteiger partial charge in [-0.25, -0.2) is 4.98 Å². The number of piperidine rings is 1. The van der Waals surface area contributed by atoms with E-state index in [0.717, 1.165) is 42.7 Å². The molecule has 128 valence electrons. The summed E-state index contributed by atoms with van der Waals surface area (Å²) in [4.78, 5) is 25.4. The number of likely N-dealkylation sites (N-methyl/N-ethyl adjacent to an activating group) is 2. The Labute approximate surface area is 142 Å². The number of fused-ring (bicyclic) bond motifs is 1. The Hall–Kier alpha value is -2.05. The molecular weight excluding hydrogens is 302 g/mol. The van der Waals surface area contributed by atoms with Gasteiger partial charge in [0, 0.05) is 13.1 Å².